The quantitative estimate of drug-likeness (QED) is 0.838. The van der Waals surface area contributed by atoms with Gasteiger partial charge in [0.2, 0.25) is 11.8 Å². The van der Waals surface area contributed by atoms with Gasteiger partial charge in [-0.15, -0.1) is 0 Å². The van der Waals surface area contributed by atoms with E-state index in [9.17, 15) is 9.59 Å². The van der Waals surface area contributed by atoms with E-state index in [-0.39, 0.29) is 11.8 Å². The Morgan fingerprint density at radius 3 is 2.48 bits per heavy atom. The molecule has 0 aromatic heterocycles. The van der Waals surface area contributed by atoms with Crippen molar-refractivity contribution in [3.8, 4) is 0 Å². The van der Waals surface area contributed by atoms with E-state index >= 15 is 0 Å². The number of benzene rings is 1. The van der Waals surface area contributed by atoms with Crippen LogP contribution in [0.2, 0.25) is 0 Å². The van der Waals surface area contributed by atoms with Crippen molar-refractivity contribution in [1.82, 2.24) is 4.90 Å². The van der Waals surface area contributed by atoms with Gasteiger partial charge in [-0.2, -0.15) is 0 Å². The molecule has 4 heteroatoms. The highest BCUT2D eigenvalue weighted by Crippen LogP contribution is 2.22. The maximum Gasteiger partial charge on any atom is 0.226 e. The van der Waals surface area contributed by atoms with Crippen LogP contribution in [-0.2, 0) is 9.59 Å². The SMILES string of the molecule is CC(=O)N(CCC(=O)Nc1cccc(C)c1)C1CCCCCC1. The smallest absolute Gasteiger partial charge is 0.226 e. The number of anilines is 1. The number of hydrogen-bond donors (Lipinski definition) is 1. The normalized spacial score (nSPS) is 15.7. The van der Waals surface area contributed by atoms with E-state index in [2.05, 4.69) is 5.32 Å². The van der Waals surface area contributed by atoms with Gasteiger partial charge in [0.05, 0.1) is 0 Å². The van der Waals surface area contributed by atoms with Gasteiger partial charge in [0.25, 0.3) is 0 Å². The van der Waals surface area contributed by atoms with Gasteiger partial charge in [-0.05, 0) is 37.5 Å². The van der Waals surface area contributed by atoms with Crippen LogP contribution in [0.5, 0.6) is 0 Å². The molecule has 0 radical (unpaired) electrons. The maximum atomic E-state index is 12.2. The van der Waals surface area contributed by atoms with Crippen LogP contribution in [0.3, 0.4) is 0 Å². The van der Waals surface area contributed by atoms with Crippen molar-refractivity contribution < 1.29 is 9.59 Å². The zero-order valence-electron chi connectivity index (χ0n) is 14.3. The molecule has 0 atom stereocenters. The average Bonchev–Trinajstić information content (AvgIpc) is 2.76. The summed E-state index contributed by atoms with van der Waals surface area (Å²) in [6, 6.07) is 8.07. The number of aryl methyl sites for hydroxylation is 1. The molecule has 1 aromatic carbocycles. The minimum absolute atomic E-state index is 0.0320. The molecule has 0 saturated heterocycles. The van der Waals surface area contributed by atoms with Crippen LogP contribution in [0.15, 0.2) is 24.3 Å². The van der Waals surface area contributed by atoms with Crippen molar-refractivity contribution in [1.29, 1.82) is 0 Å². The molecule has 1 saturated carbocycles. The van der Waals surface area contributed by atoms with E-state index in [0.717, 1.165) is 24.1 Å². The van der Waals surface area contributed by atoms with Gasteiger partial charge in [-0.25, -0.2) is 0 Å². The fourth-order valence-corrected chi connectivity index (χ4v) is 3.33. The molecule has 4 nitrogen and oxygen atoms in total. The molecule has 1 N–H and O–H groups in total. The molecule has 1 aliphatic carbocycles. The van der Waals surface area contributed by atoms with E-state index in [1.165, 1.54) is 25.7 Å². The van der Waals surface area contributed by atoms with Crippen molar-refractivity contribution in [3.05, 3.63) is 29.8 Å². The summed E-state index contributed by atoms with van der Waals surface area (Å²) in [6.07, 6.45) is 7.38. The summed E-state index contributed by atoms with van der Waals surface area (Å²) in [6.45, 7) is 4.13. The standard InChI is InChI=1S/C19H28N2O2/c1-15-8-7-9-17(14-15)20-19(23)12-13-21(16(2)22)18-10-5-3-4-6-11-18/h7-9,14,18H,3-6,10-13H2,1-2H3,(H,20,23). The molecule has 0 spiro atoms. The lowest BCUT2D eigenvalue weighted by Gasteiger charge is -2.30. The highest BCUT2D eigenvalue weighted by Gasteiger charge is 2.22. The van der Waals surface area contributed by atoms with Gasteiger partial charge in [-0.3, -0.25) is 9.59 Å². The molecule has 0 unspecified atom stereocenters. The Kier molecular flexibility index (Phi) is 6.63. The highest BCUT2D eigenvalue weighted by molar-refractivity contribution is 5.91. The lowest BCUT2D eigenvalue weighted by Crippen LogP contribution is -2.40. The summed E-state index contributed by atoms with van der Waals surface area (Å²) in [5, 5.41) is 2.92. The van der Waals surface area contributed by atoms with E-state index < -0.39 is 0 Å². The molecule has 2 rings (SSSR count). The summed E-state index contributed by atoms with van der Waals surface area (Å²) in [5.74, 6) is 0.0516. The summed E-state index contributed by atoms with van der Waals surface area (Å²) in [7, 11) is 0. The number of carbonyl (C=O) groups is 2. The van der Waals surface area contributed by atoms with E-state index in [1.54, 1.807) is 6.92 Å². The summed E-state index contributed by atoms with van der Waals surface area (Å²) < 4.78 is 0. The van der Waals surface area contributed by atoms with E-state index in [0.29, 0.717) is 19.0 Å². The highest BCUT2D eigenvalue weighted by atomic mass is 16.2. The van der Waals surface area contributed by atoms with Gasteiger partial charge in [0.15, 0.2) is 0 Å². The maximum absolute atomic E-state index is 12.2. The summed E-state index contributed by atoms with van der Waals surface area (Å²) in [5.41, 5.74) is 1.94. The molecule has 0 aliphatic heterocycles. The topological polar surface area (TPSA) is 49.4 Å². The summed E-state index contributed by atoms with van der Waals surface area (Å²) in [4.78, 5) is 26.0. The second kappa shape index (κ2) is 8.70. The number of nitrogens with zero attached hydrogens (tertiary/aromatic N) is 1. The van der Waals surface area contributed by atoms with Crippen molar-refractivity contribution in [2.45, 2.75) is 64.8 Å². The third-order valence-electron chi connectivity index (χ3n) is 4.55. The number of amides is 2. The monoisotopic (exact) mass is 316 g/mol. The second-order valence-corrected chi connectivity index (χ2v) is 6.53. The molecule has 2 amide bonds. The summed E-state index contributed by atoms with van der Waals surface area (Å²) >= 11 is 0. The van der Waals surface area contributed by atoms with Crippen molar-refractivity contribution >= 4 is 17.5 Å². The zero-order chi connectivity index (χ0) is 16.7. The number of nitrogens with one attached hydrogen (secondary N) is 1. The fourth-order valence-electron chi connectivity index (χ4n) is 3.33. The lowest BCUT2D eigenvalue weighted by molar-refractivity contribution is -0.131. The van der Waals surface area contributed by atoms with Gasteiger partial charge < -0.3 is 10.2 Å². The predicted molar refractivity (Wildman–Crippen MR) is 93.3 cm³/mol. The van der Waals surface area contributed by atoms with Gasteiger partial charge in [-0.1, -0.05) is 37.8 Å². The van der Waals surface area contributed by atoms with Crippen LogP contribution in [0.1, 0.15) is 57.4 Å². The first kappa shape index (κ1) is 17.5. The van der Waals surface area contributed by atoms with Crippen LogP contribution in [0, 0.1) is 6.92 Å². The third-order valence-corrected chi connectivity index (χ3v) is 4.55. The van der Waals surface area contributed by atoms with Crippen molar-refractivity contribution in [2.75, 3.05) is 11.9 Å². The first-order chi connectivity index (χ1) is 11.1. The molecule has 0 heterocycles. The van der Waals surface area contributed by atoms with Crippen molar-refractivity contribution in [3.63, 3.8) is 0 Å². The third kappa shape index (κ3) is 5.70. The fraction of sp³-hybridized carbons (Fsp3) is 0.579. The molecular weight excluding hydrogens is 288 g/mol. The molecule has 126 valence electrons. The molecule has 23 heavy (non-hydrogen) atoms. The molecule has 0 bridgehead atoms. The second-order valence-electron chi connectivity index (χ2n) is 6.53. The van der Waals surface area contributed by atoms with Crippen LogP contribution in [-0.4, -0.2) is 29.3 Å². The molecule has 1 aromatic rings. The lowest BCUT2D eigenvalue weighted by atomic mass is 10.1. The Morgan fingerprint density at radius 2 is 1.87 bits per heavy atom. The van der Waals surface area contributed by atoms with Gasteiger partial charge in [0.1, 0.15) is 0 Å². The van der Waals surface area contributed by atoms with Crippen LogP contribution in [0.25, 0.3) is 0 Å². The molecule has 1 fully saturated rings. The minimum Gasteiger partial charge on any atom is -0.339 e. The number of carbonyl (C=O) groups excluding carboxylic acids is 2. The Balaban J connectivity index is 1.87. The Hall–Kier alpha value is -1.84. The number of hydrogen-bond acceptors (Lipinski definition) is 2. The predicted octanol–water partition coefficient (Wildman–Crippen LogP) is 3.89. The average molecular weight is 316 g/mol. The van der Waals surface area contributed by atoms with Crippen LogP contribution in [0.4, 0.5) is 5.69 Å². The molecule has 1 aliphatic rings. The largest absolute Gasteiger partial charge is 0.339 e. The van der Waals surface area contributed by atoms with Crippen LogP contribution < -0.4 is 5.32 Å². The Morgan fingerprint density at radius 1 is 1.17 bits per heavy atom. The van der Waals surface area contributed by atoms with E-state index in [1.807, 2.05) is 36.1 Å². The first-order valence-electron chi connectivity index (χ1n) is 8.70. The number of rotatable bonds is 5. The zero-order valence-corrected chi connectivity index (χ0v) is 14.3. The van der Waals surface area contributed by atoms with Gasteiger partial charge in [0, 0.05) is 31.6 Å². The van der Waals surface area contributed by atoms with E-state index in [4.69, 9.17) is 0 Å². The Labute approximate surface area is 139 Å². The van der Waals surface area contributed by atoms with Crippen molar-refractivity contribution in [2.24, 2.45) is 0 Å². The van der Waals surface area contributed by atoms with Gasteiger partial charge >= 0.3 is 0 Å². The Bertz CT molecular complexity index is 534. The first-order valence-corrected chi connectivity index (χ1v) is 8.70. The minimum atomic E-state index is -0.0320. The molecular formula is C19H28N2O2. The van der Waals surface area contributed by atoms with Crippen LogP contribution >= 0.6 is 0 Å².